The molecule has 6 heteroatoms. The summed E-state index contributed by atoms with van der Waals surface area (Å²) in [6.45, 7) is 9.18. The quantitative estimate of drug-likeness (QED) is 0.392. The monoisotopic (exact) mass is 363 g/mol. The molecular formula is C18H21NO3S2. The van der Waals surface area contributed by atoms with Gasteiger partial charge in [0.1, 0.15) is 10.9 Å². The zero-order chi connectivity index (χ0) is 17.5. The van der Waals surface area contributed by atoms with Crippen LogP contribution in [0.15, 0.2) is 35.8 Å². The predicted octanol–water partition coefficient (Wildman–Crippen LogP) is 4.26. The molecule has 0 unspecified atom stereocenters. The minimum atomic E-state index is -0.0307. The van der Waals surface area contributed by atoms with Gasteiger partial charge in [-0.3, -0.25) is 9.69 Å². The summed E-state index contributed by atoms with van der Waals surface area (Å²) in [7, 11) is 0. The second kappa shape index (κ2) is 8.89. The molecule has 1 fully saturated rings. The highest BCUT2D eigenvalue weighted by Crippen LogP contribution is 2.34. The Labute approximate surface area is 152 Å². The van der Waals surface area contributed by atoms with E-state index in [0.29, 0.717) is 40.5 Å². The van der Waals surface area contributed by atoms with Crippen LogP contribution in [0, 0.1) is 0 Å². The van der Waals surface area contributed by atoms with E-state index in [1.165, 1.54) is 11.8 Å². The molecule has 2 rings (SSSR count). The number of hydrogen-bond donors (Lipinski definition) is 0. The molecule has 0 radical (unpaired) electrons. The molecule has 0 aliphatic carbocycles. The van der Waals surface area contributed by atoms with E-state index in [2.05, 4.69) is 6.58 Å². The third-order valence-electron chi connectivity index (χ3n) is 3.24. The number of thioether (sulfide) groups is 1. The second-order valence-corrected chi connectivity index (χ2v) is 6.75. The average molecular weight is 364 g/mol. The SMILES string of the molecule is C=CCOc1ccc(/C=C2\SC(=S)N(CCC)C2=O)cc1OCC. The highest BCUT2D eigenvalue weighted by Gasteiger charge is 2.31. The van der Waals surface area contributed by atoms with Crippen molar-refractivity contribution in [2.24, 2.45) is 0 Å². The Balaban J connectivity index is 2.26. The molecule has 0 aromatic heterocycles. The summed E-state index contributed by atoms with van der Waals surface area (Å²) in [5.41, 5.74) is 0.876. The van der Waals surface area contributed by atoms with Crippen LogP contribution in [0.25, 0.3) is 6.08 Å². The number of carbonyl (C=O) groups excluding carboxylic acids is 1. The number of hydrogen-bond acceptors (Lipinski definition) is 5. The van der Waals surface area contributed by atoms with Gasteiger partial charge in [0.15, 0.2) is 11.5 Å². The van der Waals surface area contributed by atoms with Crippen LogP contribution in [0.4, 0.5) is 0 Å². The van der Waals surface area contributed by atoms with E-state index >= 15 is 0 Å². The van der Waals surface area contributed by atoms with Crippen LogP contribution in [0.5, 0.6) is 11.5 Å². The van der Waals surface area contributed by atoms with Gasteiger partial charge < -0.3 is 9.47 Å². The molecule has 24 heavy (non-hydrogen) atoms. The Bertz CT molecular complexity index is 670. The van der Waals surface area contributed by atoms with Crippen LogP contribution >= 0.6 is 24.0 Å². The molecule has 1 amide bonds. The lowest BCUT2D eigenvalue weighted by atomic mass is 10.2. The van der Waals surface area contributed by atoms with E-state index in [-0.39, 0.29) is 5.91 Å². The molecule has 0 N–H and O–H groups in total. The van der Waals surface area contributed by atoms with Gasteiger partial charge in [0.05, 0.1) is 11.5 Å². The molecule has 1 aliphatic rings. The van der Waals surface area contributed by atoms with Gasteiger partial charge in [-0.25, -0.2) is 0 Å². The summed E-state index contributed by atoms with van der Waals surface area (Å²) >= 11 is 6.62. The molecule has 1 aliphatic heterocycles. The van der Waals surface area contributed by atoms with Crippen molar-refractivity contribution >= 4 is 40.3 Å². The molecule has 4 nitrogen and oxygen atoms in total. The molecule has 0 bridgehead atoms. The number of amides is 1. The standard InChI is InChI=1S/C18H21NO3S2/c1-4-9-19-17(20)16(24-18(19)23)12-13-7-8-14(22-10-5-2)15(11-13)21-6-3/h5,7-8,11-12H,2,4,6,9-10H2,1,3H3/b16-12-. The van der Waals surface area contributed by atoms with Crippen molar-refractivity contribution in [3.8, 4) is 11.5 Å². The Hall–Kier alpha value is -1.79. The highest BCUT2D eigenvalue weighted by atomic mass is 32.2. The first-order chi connectivity index (χ1) is 11.6. The third kappa shape index (κ3) is 4.39. The van der Waals surface area contributed by atoms with Gasteiger partial charge >= 0.3 is 0 Å². The van der Waals surface area contributed by atoms with Crippen LogP contribution in [0.2, 0.25) is 0 Å². The number of benzene rings is 1. The maximum Gasteiger partial charge on any atom is 0.266 e. The van der Waals surface area contributed by atoms with Crippen molar-refractivity contribution in [2.45, 2.75) is 20.3 Å². The minimum Gasteiger partial charge on any atom is -0.490 e. The van der Waals surface area contributed by atoms with Gasteiger partial charge in [-0.05, 0) is 37.1 Å². The zero-order valence-corrected chi connectivity index (χ0v) is 15.5. The van der Waals surface area contributed by atoms with Crippen molar-refractivity contribution < 1.29 is 14.3 Å². The van der Waals surface area contributed by atoms with Gasteiger partial charge in [0.25, 0.3) is 5.91 Å². The largest absolute Gasteiger partial charge is 0.490 e. The van der Waals surface area contributed by atoms with Gasteiger partial charge in [-0.15, -0.1) is 0 Å². The lowest BCUT2D eigenvalue weighted by Crippen LogP contribution is -2.28. The Kier molecular flexibility index (Phi) is 6.87. The van der Waals surface area contributed by atoms with Gasteiger partial charge in [-0.2, -0.15) is 0 Å². The number of nitrogens with zero attached hydrogens (tertiary/aromatic N) is 1. The van der Waals surface area contributed by atoms with Crippen molar-refractivity contribution in [3.63, 3.8) is 0 Å². The predicted molar refractivity (Wildman–Crippen MR) is 103 cm³/mol. The smallest absolute Gasteiger partial charge is 0.266 e. The lowest BCUT2D eigenvalue weighted by Gasteiger charge is -2.12. The molecule has 0 spiro atoms. The summed E-state index contributed by atoms with van der Waals surface area (Å²) in [6, 6.07) is 5.61. The molecule has 0 saturated carbocycles. The fourth-order valence-electron chi connectivity index (χ4n) is 2.22. The first kappa shape index (κ1) is 18.5. The summed E-state index contributed by atoms with van der Waals surface area (Å²) in [5.74, 6) is 1.28. The first-order valence-corrected chi connectivity index (χ1v) is 9.09. The molecule has 128 valence electrons. The van der Waals surface area contributed by atoms with Crippen LogP contribution in [-0.2, 0) is 4.79 Å². The molecule has 1 heterocycles. The van der Waals surface area contributed by atoms with Crippen molar-refractivity contribution in [1.82, 2.24) is 4.90 Å². The fourth-order valence-corrected chi connectivity index (χ4v) is 3.53. The number of rotatable bonds is 8. The van der Waals surface area contributed by atoms with E-state index in [9.17, 15) is 4.79 Å². The van der Waals surface area contributed by atoms with E-state index in [0.717, 1.165) is 12.0 Å². The maximum absolute atomic E-state index is 12.4. The van der Waals surface area contributed by atoms with Crippen molar-refractivity contribution in [3.05, 3.63) is 41.3 Å². The molecule has 1 aromatic carbocycles. The Morgan fingerprint density at radius 1 is 1.29 bits per heavy atom. The van der Waals surface area contributed by atoms with Gasteiger partial charge in [0, 0.05) is 6.54 Å². The normalized spacial score (nSPS) is 15.9. The van der Waals surface area contributed by atoms with Gasteiger partial charge in [0.2, 0.25) is 0 Å². The van der Waals surface area contributed by atoms with E-state index in [1.54, 1.807) is 11.0 Å². The molecular weight excluding hydrogens is 342 g/mol. The summed E-state index contributed by atoms with van der Waals surface area (Å²) in [5, 5.41) is 0. The van der Waals surface area contributed by atoms with Crippen LogP contribution in [-0.4, -0.2) is 34.9 Å². The maximum atomic E-state index is 12.4. The summed E-state index contributed by atoms with van der Waals surface area (Å²) in [4.78, 5) is 14.7. The van der Waals surface area contributed by atoms with Gasteiger partial charge in [-0.1, -0.05) is 49.6 Å². The van der Waals surface area contributed by atoms with Crippen LogP contribution < -0.4 is 9.47 Å². The number of carbonyl (C=O) groups is 1. The first-order valence-electron chi connectivity index (χ1n) is 7.86. The molecule has 0 atom stereocenters. The highest BCUT2D eigenvalue weighted by molar-refractivity contribution is 8.26. The average Bonchev–Trinajstić information content (AvgIpc) is 2.82. The number of ether oxygens (including phenoxy) is 2. The fraction of sp³-hybridized carbons (Fsp3) is 0.333. The van der Waals surface area contributed by atoms with Crippen molar-refractivity contribution in [2.75, 3.05) is 19.8 Å². The second-order valence-electron chi connectivity index (χ2n) is 5.07. The lowest BCUT2D eigenvalue weighted by molar-refractivity contribution is -0.122. The van der Waals surface area contributed by atoms with Crippen LogP contribution in [0.1, 0.15) is 25.8 Å². The molecule has 1 saturated heterocycles. The summed E-state index contributed by atoms with van der Waals surface area (Å²) in [6.07, 6.45) is 4.40. The third-order valence-corrected chi connectivity index (χ3v) is 4.62. The van der Waals surface area contributed by atoms with E-state index in [1.807, 2.05) is 38.1 Å². The Morgan fingerprint density at radius 3 is 2.75 bits per heavy atom. The number of thiocarbonyl (C=S) groups is 1. The van der Waals surface area contributed by atoms with E-state index in [4.69, 9.17) is 21.7 Å². The summed E-state index contributed by atoms with van der Waals surface area (Å²) < 4.78 is 11.8. The molecule has 1 aromatic rings. The van der Waals surface area contributed by atoms with Crippen LogP contribution in [0.3, 0.4) is 0 Å². The van der Waals surface area contributed by atoms with Crippen molar-refractivity contribution in [1.29, 1.82) is 0 Å². The Morgan fingerprint density at radius 2 is 2.08 bits per heavy atom. The van der Waals surface area contributed by atoms with E-state index < -0.39 is 0 Å². The zero-order valence-electron chi connectivity index (χ0n) is 13.9. The topological polar surface area (TPSA) is 38.8 Å². The minimum absolute atomic E-state index is 0.0307.